The van der Waals surface area contributed by atoms with Gasteiger partial charge in [-0.3, -0.25) is 19.1 Å². The molecule has 2 heterocycles. The largest absolute Gasteiger partial charge is 0.444 e. The summed E-state index contributed by atoms with van der Waals surface area (Å²) >= 11 is 0. The average molecular weight is 501 g/mol. The molecule has 2 aromatic carbocycles. The number of carbonyl (C=O) groups excluding carboxylic acids is 2. The van der Waals surface area contributed by atoms with Gasteiger partial charge in [-0.2, -0.15) is 0 Å². The van der Waals surface area contributed by atoms with Crippen molar-refractivity contribution >= 4 is 23.4 Å². The van der Waals surface area contributed by atoms with Gasteiger partial charge in [0.25, 0.3) is 5.56 Å². The highest BCUT2D eigenvalue weighted by atomic mass is 16.6. The van der Waals surface area contributed by atoms with Crippen molar-refractivity contribution in [3.8, 4) is 0 Å². The number of fused-ring (bicyclic) bond motifs is 1. The molecular formula is C29H32N4O4. The standard InChI is InChI=1S/C29H32N4O4/c1-4-17-32(28(36)37-20-21-13-9-7-10-14-21)24-19-30-27-29(5-2,6-3)18-23(33(27)26(24)35)25(34)31-22-15-11-8-12-16-22/h4,7-16,19,23H,1,5-6,17-18,20H2,2-3H3,(H,31,34)/t23-/m0/s1. The van der Waals surface area contributed by atoms with Crippen molar-refractivity contribution in [2.75, 3.05) is 16.8 Å². The monoisotopic (exact) mass is 500 g/mol. The van der Waals surface area contributed by atoms with Gasteiger partial charge in [0.1, 0.15) is 24.2 Å². The molecule has 8 heteroatoms. The van der Waals surface area contributed by atoms with Gasteiger partial charge in [-0.15, -0.1) is 6.58 Å². The third kappa shape index (κ3) is 5.18. The maximum absolute atomic E-state index is 13.9. The van der Waals surface area contributed by atoms with E-state index in [2.05, 4.69) is 16.9 Å². The second-order valence-electron chi connectivity index (χ2n) is 9.14. The van der Waals surface area contributed by atoms with Crippen molar-refractivity contribution in [3.63, 3.8) is 0 Å². The summed E-state index contributed by atoms with van der Waals surface area (Å²) in [5.74, 6) is 0.273. The van der Waals surface area contributed by atoms with E-state index in [1.54, 1.807) is 12.1 Å². The molecule has 1 atom stereocenters. The highest BCUT2D eigenvalue weighted by Crippen LogP contribution is 2.44. The van der Waals surface area contributed by atoms with Crippen molar-refractivity contribution in [1.82, 2.24) is 9.55 Å². The third-order valence-electron chi connectivity index (χ3n) is 7.07. The zero-order chi connectivity index (χ0) is 26.4. The molecule has 0 saturated carbocycles. The van der Waals surface area contributed by atoms with E-state index in [0.717, 1.165) is 18.4 Å². The van der Waals surface area contributed by atoms with Crippen LogP contribution in [0.1, 0.15) is 50.5 Å². The summed E-state index contributed by atoms with van der Waals surface area (Å²) in [7, 11) is 0. The number of nitrogens with one attached hydrogen (secondary N) is 1. The number of nitrogens with zero attached hydrogens (tertiary/aromatic N) is 3. The summed E-state index contributed by atoms with van der Waals surface area (Å²) < 4.78 is 6.95. The summed E-state index contributed by atoms with van der Waals surface area (Å²) in [6.07, 6.45) is 4.13. The normalized spacial score (nSPS) is 15.5. The number of hydrogen-bond donors (Lipinski definition) is 1. The van der Waals surface area contributed by atoms with E-state index in [9.17, 15) is 14.4 Å². The number of ether oxygens (including phenoxy) is 1. The molecule has 0 unspecified atom stereocenters. The molecule has 1 aliphatic heterocycles. The van der Waals surface area contributed by atoms with Crippen LogP contribution >= 0.6 is 0 Å². The van der Waals surface area contributed by atoms with Crippen LogP contribution in [0.25, 0.3) is 0 Å². The Morgan fingerprint density at radius 1 is 1.14 bits per heavy atom. The molecule has 3 aromatic rings. The molecule has 8 nitrogen and oxygen atoms in total. The minimum atomic E-state index is -0.763. The van der Waals surface area contributed by atoms with Gasteiger partial charge in [-0.1, -0.05) is 68.5 Å². The Bertz CT molecular complexity index is 1320. The predicted molar refractivity (Wildman–Crippen MR) is 144 cm³/mol. The van der Waals surface area contributed by atoms with Crippen molar-refractivity contribution < 1.29 is 14.3 Å². The smallest absolute Gasteiger partial charge is 0.415 e. The van der Waals surface area contributed by atoms with Crippen LogP contribution in [0.3, 0.4) is 0 Å². The number of para-hydroxylation sites is 1. The van der Waals surface area contributed by atoms with E-state index in [4.69, 9.17) is 4.74 Å². The van der Waals surface area contributed by atoms with Gasteiger partial charge in [0.2, 0.25) is 5.91 Å². The summed E-state index contributed by atoms with van der Waals surface area (Å²) in [5, 5.41) is 2.93. The van der Waals surface area contributed by atoms with Gasteiger partial charge < -0.3 is 10.1 Å². The summed E-state index contributed by atoms with van der Waals surface area (Å²) in [5.41, 5.74) is 0.636. The van der Waals surface area contributed by atoms with Gasteiger partial charge in [0.15, 0.2) is 0 Å². The molecule has 0 saturated heterocycles. The van der Waals surface area contributed by atoms with Crippen LogP contribution in [0.2, 0.25) is 0 Å². The maximum Gasteiger partial charge on any atom is 0.415 e. The fraction of sp³-hybridized carbons (Fsp3) is 0.310. The lowest BCUT2D eigenvalue weighted by Gasteiger charge is -2.25. The minimum absolute atomic E-state index is 0.0437. The van der Waals surface area contributed by atoms with Crippen LogP contribution in [0.5, 0.6) is 0 Å². The first-order valence-corrected chi connectivity index (χ1v) is 12.5. The molecule has 37 heavy (non-hydrogen) atoms. The van der Waals surface area contributed by atoms with E-state index in [0.29, 0.717) is 17.9 Å². The molecule has 1 N–H and O–H groups in total. The first kappa shape index (κ1) is 25.9. The Balaban J connectivity index is 1.70. The van der Waals surface area contributed by atoms with Gasteiger partial charge in [-0.25, -0.2) is 9.78 Å². The second kappa shape index (κ2) is 11.2. The SMILES string of the molecule is C=CCN(C(=O)OCc1ccccc1)c1cnc2n(c1=O)[C@H](C(=O)Nc1ccccc1)CC2(CC)CC. The number of carbonyl (C=O) groups is 2. The lowest BCUT2D eigenvalue weighted by Crippen LogP contribution is -2.40. The number of benzene rings is 2. The van der Waals surface area contributed by atoms with E-state index >= 15 is 0 Å². The van der Waals surface area contributed by atoms with E-state index in [1.165, 1.54) is 21.7 Å². The number of hydrogen-bond acceptors (Lipinski definition) is 5. The Morgan fingerprint density at radius 2 is 1.78 bits per heavy atom. The van der Waals surface area contributed by atoms with Crippen LogP contribution in [0.15, 0.2) is 84.3 Å². The molecule has 0 spiro atoms. The van der Waals surface area contributed by atoms with Gasteiger partial charge in [0, 0.05) is 17.6 Å². The molecule has 192 valence electrons. The highest BCUT2D eigenvalue weighted by Gasteiger charge is 2.47. The molecule has 2 amide bonds. The lowest BCUT2D eigenvalue weighted by atomic mass is 9.79. The van der Waals surface area contributed by atoms with Crippen LogP contribution in [0, 0.1) is 0 Å². The fourth-order valence-corrected chi connectivity index (χ4v) is 4.89. The molecule has 1 aromatic heterocycles. The maximum atomic E-state index is 13.9. The lowest BCUT2D eigenvalue weighted by molar-refractivity contribution is -0.119. The van der Waals surface area contributed by atoms with Gasteiger partial charge >= 0.3 is 6.09 Å². The molecule has 0 fully saturated rings. The first-order chi connectivity index (χ1) is 17.9. The van der Waals surface area contributed by atoms with Crippen molar-refractivity contribution in [3.05, 3.63) is 101 Å². The fourth-order valence-electron chi connectivity index (χ4n) is 4.89. The second-order valence-corrected chi connectivity index (χ2v) is 9.14. The summed E-state index contributed by atoms with van der Waals surface area (Å²) in [4.78, 5) is 46.3. The van der Waals surface area contributed by atoms with Gasteiger partial charge in [-0.05, 0) is 37.0 Å². The first-order valence-electron chi connectivity index (χ1n) is 12.5. The van der Waals surface area contributed by atoms with Gasteiger partial charge in [0.05, 0.1) is 6.20 Å². The van der Waals surface area contributed by atoms with E-state index in [-0.39, 0.29) is 24.7 Å². The van der Waals surface area contributed by atoms with E-state index < -0.39 is 23.1 Å². The average Bonchev–Trinajstić information content (AvgIpc) is 3.28. The summed E-state index contributed by atoms with van der Waals surface area (Å²) in [6, 6.07) is 17.7. The highest BCUT2D eigenvalue weighted by molar-refractivity contribution is 5.94. The number of rotatable bonds is 9. The number of anilines is 2. The third-order valence-corrected chi connectivity index (χ3v) is 7.07. The molecule has 0 radical (unpaired) electrons. The molecule has 0 bridgehead atoms. The van der Waals surface area contributed by atoms with Crippen LogP contribution < -0.4 is 15.8 Å². The predicted octanol–water partition coefficient (Wildman–Crippen LogP) is 5.21. The van der Waals surface area contributed by atoms with Crippen LogP contribution in [-0.2, 0) is 21.6 Å². The zero-order valence-corrected chi connectivity index (χ0v) is 21.2. The Morgan fingerprint density at radius 3 is 2.41 bits per heavy atom. The zero-order valence-electron chi connectivity index (χ0n) is 21.2. The topological polar surface area (TPSA) is 93.5 Å². The molecular weight excluding hydrogens is 468 g/mol. The Kier molecular flexibility index (Phi) is 7.86. The molecule has 1 aliphatic rings. The Labute approximate surface area is 216 Å². The minimum Gasteiger partial charge on any atom is -0.444 e. The number of amides is 2. The quantitative estimate of drug-likeness (QED) is 0.407. The molecule has 4 rings (SSSR count). The van der Waals surface area contributed by atoms with Crippen molar-refractivity contribution in [2.24, 2.45) is 0 Å². The Hall–Kier alpha value is -4.20. The van der Waals surface area contributed by atoms with Crippen molar-refractivity contribution in [1.29, 1.82) is 0 Å². The number of aromatic nitrogens is 2. The van der Waals surface area contributed by atoms with E-state index in [1.807, 2.05) is 62.4 Å². The van der Waals surface area contributed by atoms with Crippen molar-refractivity contribution in [2.45, 2.75) is 51.2 Å². The molecule has 0 aliphatic carbocycles. The van der Waals surface area contributed by atoms with Crippen LogP contribution in [-0.4, -0.2) is 28.1 Å². The summed E-state index contributed by atoms with van der Waals surface area (Å²) in [6.45, 7) is 7.91. The van der Waals surface area contributed by atoms with Crippen LogP contribution in [0.4, 0.5) is 16.2 Å².